The third-order valence-electron chi connectivity index (χ3n) is 6.40. The normalized spacial score (nSPS) is 13.8. The molecule has 1 N–H and O–H groups in total. The van der Waals surface area contributed by atoms with Crippen molar-refractivity contribution in [3.63, 3.8) is 0 Å². The van der Waals surface area contributed by atoms with Gasteiger partial charge in [0.05, 0.1) is 12.6 Å². The average Bonchev–Trinajstić information content (AvgIpc) is 3.35. The molecule has 0 spiro atoms. The number of hydrogen-bond donors (Lipinski definition) is 1. The van der Waals surface area contributed by atoms with Crippen molar-refractivity contribution in [2.75, 3.05) is 23.3 Å². The van der Waals surface area contributed by atoms with E-state index in [0.717, 1.165) is 17.0 Å². The highest BCUT2D eigenvalue weighted by Gasteiger charge is 2.32. The van der Waals surface area contributed by atoms with Crippen molar-refractivity contribution < 1.29 is 14.3 Å². The third kappa shape index (κ3) is 5.46. The lowest BCUT2D eigenvalue weighted by Crippen LogP contribution is -2.48. The summed E-state index contributed by atoms with van der Waals surface area (Å²) in [6.45, 7) is 8.97. The predicted molar refractivity (Wildman–Crippen MR) is 149 cm³/mol. The first-order chi connectivity index (χ1) is 19.2. The molecule has 5 aromatic rings. The molecule has 0 atom stereocenters. The molecule has 0 radical (unpaired) electrons. The van der Waals surface area contributed by atoms with Crippen LogP contribution >= 0.6 is 0 Å². The number of carbonyl (C=O) groups is 1. The van der Waals surface area contributed by atoms with Crippen LogP contribution in [0.25, 0.3) is 16.7 Å². The van der Waals surface area contributed by atoms with Gasteiger partial charge in [-0.1, -0.05) is 0 Å². The monoisotopic (exact) mass is 539 g/mol. The Hall–Kier alpha value is -4.87. The van der Waals surface area contributed by atoms with Crippen LogP contribution in [-0.4, -0.2) is 59.2 Å². The fraction of sp³-hybridized carbons (Fsp3) is 0.321. The van der Waals surface area contributed by atoms with Crippen LogP contribution < -0.4 is 15.0 Å². The van der Waals surface area contributed by atoms with Crippen LogP contribution in [-0.2, 0) is 9.53 Å². The number of benzene rings is 1. The molecule has 1 fully saturated rings. The second kappa shape index (κ2) is 10.0. The fourth-order valence-electron chi connectivity index (χ4n) is 4.54. The molecule has 204 valence electrons. The molecule has 1 saturated heterocycles. The number of fused-ring (bicyclic) bond motifs is 2. The molecule has 0 unspecified atom stereocenters. The van der Waals surface area contributed by atoms with Crippen LogP contribution in [0.5, 0.6) is 11.5 Å². The van der Waals surface area contributed by atoms with Gasteiger partial charge in [0.2, 0.25) is 5.95 Å². The molecule has 5 heterocycles. The van der Waals surface area contributed by atoms with Crippen molar-refractivity contribution in [2.24, 2.45) is 5.92 Å². The molecular weight excluding hydrogens is 510 g/mol. The van der Waals surface area contributed by atoms with E-state index >= 15 is 0 Å². The summed E-state index contributed by atoms with van der Waals surface area (Å²) in [6.07, 6.45) is 6.87. The highest BCUT2D eigenvalue weighted by molar-refractivity contribution is 5.87. The Morgan fingerprint density at radius 2 is 1.93 bits per heavy atom. The Morgan fingerprint density at radius 1 is 1.07 bits per heavy atom. The maximum absolute atomic E-state index is 12.2. The highest BCUT2D eigenvalue weighted by Crippen LogP contribution is 2.31. The zero-order valence-electron chi connectivity index (χ0n) is 22.7. The van der Waals surface area contributed by atoms with Gasteiger partial charge < -0.3 is 19.7 Å². The van der Waals surface area contributed by atoms with Crippen molar-refractivity contribution in [3.8, 4) is 11.5 Å². The maximum Gasteiger partial charge on any atom is 0.306 e. The highest BCUT2D eigenvalue weighted by atomic mass is 16.6. The summed E-state index contributed by atoms with van der Waals surface area (Å²) in [4.78, 5) is 36.4. The Labute approximate surface area is 230 Å². The lowest BCUT2D eigenvalue weighted by Gasteiger charge is -2.39. The molecule has 1 aromatic carbocycles. The standard InChI is InChI=1S/C28H29N9O3/c1-17-9-19(5-6-22(17)39-20-7-8-37-23(11-20)31-16-33-37)34-26-25-21(30-15-32-26)12-29-27(35-25)36-13-18(14-36)10-24(38)40-28(2,3)4/h5-9,11-12,15-16,18H,10,13-14H2,1-4H3,(H,30,32,34). The van der Waals surface area contributed by atoms with Gasteiger partial charge in [0.25, 0.3) is 0 Å². The summed E-state index contributed by atoms with van der Waals surface area (Å²) in [5, 5.41) is 7.47. The third-order valence-corrected chi connectivity index (χ3v) is 6.40. The van der Waals surface area contributed by atoms with Crippen LogP contribution in [0, 0.1) is 12.8 Å². The lowest BCUT2D eigenvalue weighted by molar-refractivity contribution is -0.156. The first kappa shape index (κ1) is 25.4. The van der Waals surface area contributed by atoms with E-state index < -0.39 is 5.60 Å². The molecule has 1 aliphatic heterocycles. The van der Waals surface area contributed by atoms with Gasteiger partial charge >= 0.3 is 5.97 Å². The summed E-state index contributed by atoms with van der Waals surface area (Å²) in [5.41, 5.74) is 3.25. The number of nitrogens with zero attached hydrogens (tertiary/aromatic N) is 8. The molecule has 4 aromatic heterocycles. The van der Waals surface area contributed by atoms with Crippen molar-refractivity contribution in [1.82, 2.24) is 34.5 Å². The predicted octanol–water partition coefficient (Wildman–Crippen LogP) is 4.47. The smallest absolute Gasteiger partial charge is 0.306 e. The Kier molecular flexibility index (Phi) is 6.37. The van der Waals surface area contributed by atoms with Crippen LogP contribution in [0.1, 0.15) is 32.8 Å². The second-order valence-electron chi connectivity index (χ2n) is 10.8. The van der Waals surface area contributed by atoms with Crippen LogP contribution in [0.2, 0.25) is 0 Å². The Morgan fingerprint density at radius 3 is 2.73 bits per heavy atom. The first-order valence-corrected chi connectivity index (χ1v) is 13.0. The number of ether oxygens (including phenoxy) is 2. The molecular formula is C28H29N9O3. The molecule has 0 aliphatic carbocycles. The number of pyridine rings is 1. The van der Waals surface area contributed by atoms with Gasteiger partial charge in [-0.2, -0.15) is 5.10 Å². The number of anilines is 3. The molecule has 0 bridgehead atoms. The summed E-state index contributed by atoms with van der Waals surface area (Å²) in [6, 6.07) is 9.49. The van der Waals surface area contributed by atoms with Crippen LogP contribution in [0.4, 0.5) is 17.5 Å². The van der Waals surface area contributed by atoms with Crippen molar-refractivity contribution in [2.45, 2.75) is 39.7 Å². The average molecular weight is 540 g/mol. The quantitative estimate of drug-likeness (QED) is 0.294. The van der Waals surface area contributed by atoms with Gasteiger partial charge in [0.1, 0.15) is 40.8 Å². The minimum Gasteiger partial charge on any atom is -0.460 e. The molecule has 0 amide bonds. The minimum absolute atomic E-state index is 0.181. The number of hydrogen-bond acceptors (Lipinski definition) is 11. The zero-order valence-corrected chi connectivity index (χ0v) is 22.7. The minimum atomic E-state index is -0.481. The number of esters is 1. The largest absolute Gasteiger partial charge is 0.460 e. The van der Waals surface area contributed by atoms with E-state index in [1.54, 1.807) is 16.9 Å². The van der Waals surface area contributed by atoms with Crippen molar-refractivity contribution in [3.05, 3.63) is 60.9 Å². The number of aromatic nitrogens is 7. The summed E-state index contributed by atoms with van der Waals surface area (Å²) in [5.74, 6) is 2.58. The lowest BCUT2D eigenvalue weighted by atomic mass is 9.97. The number of rotatable bonds is 7. The number of carbonyl (C=O) groups excluding carboxylic acids is 1. The molecule has 40 heavy (non-hydrogen) atoms. The van der Waals surface area contributed by atoms with E-state index in [2.05, 4.69) is 30.4 Å². The van der Waals surface area contributed by atoms with E-state index in [0.29, 0.717) is 53.7 Å². The van der Waals surface area contributed by atoms with Crippen molar-refractivity contribution >= 4 is 40.1 Å². The van der Waals surface area contributed by atoms with Gasteiger partial charge in [-0.15, -0.1) is 0 Å². The fourth-order valence-corrected chi connectivity index (χ4v) is 4.54. The molecule has 1 aliphatic rings. The van der Waals surface area contributed by atoms with E-state index in [1.807, 2.05) is 62.9 Å². The zero-order chi connectivity index (χ0) is 27.9. The van der Waals surface area contributed by atoms with Gasteiger partial charge in [-0.3, -0.25) is 4.79 Å². The van der Waals surface area contributed by atoms with E-state index in [-0.39, 0.29) is 11.9 Å². The summed E-state index contributed by atoms with van der Waals surface area (Å²) >= 11 is 0. The SMILES string of the molecule is Cc1cc(Nc2ncnc3cnc(N4CC(CC(=O)OC(C)(C)C)C4)nc23)ccc1Oc1ccn2ncnc2c1. The van der Waals surface area contributed by atoms with Gasteiger partial charge in [0, 0.05) is 37.0 Å². The Balaban J connectivity index is 1.15. The van der Waals surface area contributed by atoms with E-state index in [1.165, 1.54) is 12.7 Å². The first-order valence-electron chi connectivity index (χ1n) is 13.0. The molecule has 6 rings (SSSR count). The summed E-state index contributed by atoms with van der Waals surface area (Å²) < 4.78 is 13.2. The molecule has 0 saturated carbocycles. The van der Waals surface area contributed by atoms with Gasteiger partial charge in [-0.05, 0) is 57.5 Å². The Bertz CT molecular complexity index is 1710. The number of nitrogens with one attached hydrogen (secondary N) is 1. The molecule has 12 heteroatoms. The topological polar surface area (TPSA) is 133 Å². The number of aryl methyl sites for hydroxylation is 1. The van der Waals surface area contributed by atoms with Crippen LogP contribution in [0.3, 0.4) is 0 Å². The van der Waals surface area contributed by atoms with Crippen LogP contribution in [0.15, 0.2) is 55.4 Å². The van der Waals surface area contributed by atoms with E-state index in [4.69, 9.17) is 14.5 Å². The van der Waals surface area contributed by atoms with Gasteiger partial charge in [-0.25, -0.2) is 29.4 Å². The maximum atomic E-state index is 12.2. The second-order valence-corrected chi connectivity index (χ2v) is 10.8. The summed E-state index contributed by atoms with van der Waals surface area (Å²) in [7, 11) is 0. The van der Waals surface area contributed by atoms with Crippen molar-refractivity contribution in [1.29, 1.82) is 0 Å². The molecule has 12 nitrogen and oxygen atoms in total. The van der Waals surface area contributed by atoms with E-state index in [9.17, 15) is 4.79 Å². The van der Waals surface area contributed by atoms with Gasteiger partial charge in [0.15, 0.2) is 11.5 Å².